The van der Waals surface area contributed by atoms with Crippen LogP contribution in [0.25, 0.3) is 0 Å². The maximum Gasteiger partial charge on any atom is 0.249 e. The number of sulfonamides is 1. The number of thioether (sulfide) groups is 1. The molecule has 1 amide bonds. The Bertz CT molecular complexity index is 904. The number of nitrogens with one attached hydrogen (secondary N) is 1. The standard InChI is InChI=1S/C17H21N3O4S2/c1-11-16(12(2)24-19-11)26(22,23)20-9-5-8-15(20)17(21)18-13-6-4-7-14(10-13)25-3/h4,6-7,10,15H,5,8-9H2,1-3H3,(H,18,21). The Kier molecular flexibility index (Phi) is 5.40. The van der Waals surface area contributed by atoms with Gasteiger partial charge in [0, 0.05) is 17.1 Å². The van der Waals surface area contributed by atoms with Gasteiger partial charge in [-0.3, -0.25) is 4.79 Å². The van der Waals surface area contributed by atoms with Crippen LogP contribution in [0.4, 0.5) is 5.69 Å². The second kappa shape index (κ2) is 7.42. The van der Waals surface area contributed by atoms with E-state index in [0.29, 0.717) is 30.8 Å². The number of aryl methyl sites for hydroxylation is 2. The Morgan fingerprint density at radius 1 is 1.38 bits per heavy atom. The number of aromatic nitrogens is 1. The van der Waals surface area contributed by atoms with Gasteiger partial charge in [-0.2, -0.15) is 4.31 Å². The molecule has 0 radical (unpaired) electrons. The number of anilines is 1. The van der Waals surface area contributed by atoms with Gasteiger partial charge in [0.2, 0.25) is 15.9 Å². The number of carbonyl (C=O) groups excluding carboxylic acids is 1. The molecule has 1 saturated heterocycles. The smallest absolute Gasteiger partial charge is 0.249 e. The van der Waals surface area contributed by atoms with E-state index in [1.807, 2.05) is 24.5 Å². The normalized spacial score (nSPS) is 18.2. The summed E-state index contributed by atoms with van der Waals surface area (Å²) in [6.07, 6.45) is 3.07. The maximum atomic E-state index is 13.0. The lowest BCUT2D eigenvalue weighted by molar-refractivity contribution is -0.119. The third-order valence-electron chi connectivity index (χ3n) is 4.38. The summed E-state index contributed by atoms with van der Waals surface area (Å²) in [6, 6.07) is 6.72. The first-order valence-electron chi connectivity index (χ1n) is 8.24. The molecule has 26 heavy (non-hydrogen) atoms. The quantitative estimate of drug-likeness (QED) is 0.783. The largest absolute Gasteiger partial charge is 0.360 e. The summed E-state index contributed by atoms with van der Waals surface area (Å²) in [7, 11) is -3.84. The molecule has 1 aromatic heterocycles. The predicted molar refractivity (Wildman–Crippen MR) is 99.7 cm³/mol. The molecule has 0 bridgehead atoms. The van der Waals surface area contributed by atoms with Crippen molar-refractivity contribution in [1.29, 1.82) is 0 Å². The predicted octanol–water partition coefficient (Wildman–Crippen LogP) is 2.81. The highest BCUT2D eigenvalue weighted by molar-refractivity contribution is 7.98. The molecular weight excluding hydrogens is 374 g/mol. The zero-order valence-corrected chi connectivity index (χ0v) is 16.5. The summed E-state index contributed by atoms with van der Waals surface area (Å²) in [6.45, 7) is 3.45. The first-order valence-corrected chi connectivity index (χ1v) is 10.9. The molecule has 1 aliphatic heterocycles. The van der Waals surface area contributed by atoms with Crippen molar-refractivity contribution >= 4 is 33.4 Å². The molecule has 1 fully saturated rings. The molecule has 1 aromatic carbocycles. The molecule has 0 aliphatic carbocycles. The first kappa shape index (κ1) is 18.9. The van der Waals surface area contributed by atoms with E-state index in [0.717, 1.165) is 4.90 Å². The lowest BCUT2D eigenvalue weighted by Crippen LogP contribution is -2.43. The van der Waals surface area contributed by atoms with Gasteiger partial charge in [0.05, 0.1) is 0 Å². The molecule has 2 aromatic rings. The number of rotatable bonds is 5. The number of amides is 1. The van der Waals surface area contributed by atoms with Crippen LogP contribution in [0.3, 0.4) is 0 Å². The molecule has 9 heteroatoms. The Balaban J connectivity index is 1.84. The summed E-state index contributed by atoms with van der Waals surface area (Å²) in [5.41, 5.74) is 0.963. The van der Waals surface area contributed by atoms with Gasteiger partial charge >= 0.3 is 0 Å². The van der Waals surface area contributed by atoms with Crippen LogP contribution in [0.1, 0.15) is 24.3 Å². The van der Waals surface area contributed by atoms with Crippen molar-refractivity contribution in [3.8, 4) is 0 Å². The fraction of sp³-hybridized carbons (Fsp3) is 0.412. The lowest BCUT2D eigenvalue weighted by Gasteiger charge is -2.23. The zero-order chi connectivity index (χ0) is 18.9. The second-order valence-corrected chi connectivity index (χ2v) is 8.86. The van der Waals surface area contributed by atoms with Crippen molar-refractivity contribution in [3.63, 3.8) is 0 Å². The summed E-state index contributed by atoms with van der Waals surface area (Å²) in [4.78, 5) is 13.8. The van der Waals surface area contributed by atoms with Crippen molar-refractivity contribution in [2.24, 2.45) is 0 Å². The highest BCUT2D eigenvalue weighted by Gasteiger charge is 2.41. The topological polar surface area (TPSA) is 92.5 Å². The average Bonchev–Trinajstić information content (AvgIpc) is 3.22. The van der Waals surface area contributed by atoms with Gasteiger partial charge in [0.1, 0.15) is 16.6 Å². The van der Waals surface area contributed by atoms with Crippen LogP contribution >= 0.6 is 11.8 Å². The second-order valence-electron chi connectivity index (χ2n) is 6.15. The van der Waals surface area contributed by atoms with E-state index in [9.17, 15) is 13.2 Å². The number of carbonyl (C=O) groups is 1. The zero-order valence-electron chi connectivity index (χ0n) is 14.9. The third kappa shape index (κ3) is 3.51. The monoisotopic (exact) mass is 395 g/mol. The SMILES string of the molecule is CSc1cccc(NC(=O)C2CCCN2S(=O)(=O)c2c(C)noc2C)c1. The van der Waals surface area contributed by atoms with E-state index in [-0.39, 0.29) is 16.6 Å². The van der Waals surface area contributed by atoms with E-state index < -0.39 is 16.1 Å². The molecule has 7 nitrogen and oxygen atoms in total. The van der Waals surface area contributed by atoms with Crippen LogP contribution in [-0.4, -0.2) is 42.6 Å². The maximum absolute atomic E-state index is 13.0. The van der Waals surface area contributed by atoms with Crippen molar-refractivity contribution in [2.75, 3.05) is 18.1 Å². The van der Waals surface area contributed by atoms with Crippen LogP contribution in [0.15, 0.2) is 38.6 Å². The van der Waals surface area contributed by atoms with Gasteiger partial charge in [-0.1, -0.05) is 11.2 Å². The minimum Gasteiger partial charge on any atom is -0.360 e. The fourth-order valence-electron chi connectivity index (χ4n) is 3.18. The van der Waals surface area contributed by atoms with Crippen LogP contribution < -0.4 is 5.32 Å². The van der Waals surface area contributed by atoms with Gasteiger partial charge in [-0.25, -0.2) is 8.42 Å². The van der Waals surface area contributed by atoms with Gasteiger partial charge in [-0.05, 0) is 51.1 Å². The Morgan fingerprint density at radius 2 is 2.15 bits per heavy atom. The first-order chi connectivity index (χ1) is 12.3. The molecule has 140 valence electrons. The number of benzene rings is 1. The van der Waals surface area contributed by atoms with Crippen molar-refractivity contribution in [1.82, 2.24) is 9.46 Å². The molecular formula is C17H21N3O4S2. The van der Waals surface area contributed by atoms with Gasteiger partial charge in [0.15, 0.2) is 5.76 Å². The Hall–Kier alpha value is -1.84. The minimum absolute atomic E-state index is 0.0570. The van der Waals surface area contributed by atoms with E-state index in [1.54, 1.807) is 31.7 Å². The fourth-order valence-corrected chi connectivity index (χ4v) is 5.59. The van der Waals surface area contributed by atoms with Crippen molar-refractivity contribution < 1.29 is 17.7 Å². The molecule has 0 saturated carbocycles. The molecule has 3 rings (SSSR count). The van der Waals surface area contributed by atoms with Crippen molar-refractivity contribution in [3.05, 3.63) is 35.7 Å². The van der Waals surface area contributed by atoms with Crippen LogP contribution in [0.2, 0.25) is 0 Å². The third-order valence-corrected chi connectivity index (χ3v) is 7.26. The average molecular weight is 396 g/mol. The number of hydrogen-bond acceptors (Lipinski definition) is 6. The molecule has 1 atom stereocenters. The highest BCUT2D eigenvalue weighted by atomic mass is 32.2. The van der Waals surface area contributed by atoms with E-state index >= 15 is 0 Å². The van der Waals surface area contributed by atoms with Gasteiger partial charge in [0.25, 0.3) is 0 Å². The van der Waals surface area contributed by atoms with Gasteiger partial charge < -0.3 is 9.84 Å². The molecule has 1 unspecified atom stereocenters. The Labute approximate surface area is 157 Å². The molecule has 2 heterocycles. The highest BCUT2D eigenvalue weighted by Crippen LogP contribution is 2.30. The van der Waals surface area contributed by atoms with Crippen molar-refractivity contribution in [2.45, 2.75) is 42.5 Å². The van der Waals surface area contributed by atoms with Crippen LogP contribution in [0.5, 0.6) is 0 Å². The summed E-state index contributed by atoms with van der Waals surface area (Å²) in [5.74, 6) is -0.0858. The molecule has 1 aliphatic rings. The number of hydrogen-bond donors (Lipinski definition) is 1. The summed E-state index contributed by atoms with van der Waals surface area (Å²) in [5, 5.41) is 6.56. The lowest BCUT2D eigenvalue weighted by atomic mass is 10.2. The summed E-state index contributed by atoms with van der Waals surface area (Å²) >= 11 is 1.57. The van der Waals surface area contributed by atoms with Crippen LogP contribution in [0, 0.1) is 13.8 Å². The van der Waals surface area contributed by atoms with E-state index in [2.05, 4.69) is 10.5 Å². The minimum atomic E-state index is -3.84. The van der Waals surface area contributed by atoms with Gasteiger partial charge in [-0.15, -0.1) is 11.8 Å². The molecule has 1 N–H and O–H groups in total. The molecule has 0 spiro atoms. The van der Waals surface area contributed by atoms with E-state index in [4.69, 9.17) is 4.52 Å². The summed E-state index contributed by atoms with van der Waals surface area (Å²) < 4.78 is 32.4. The Morgan fingerprint density at radius 3 is 2.81 bits per heavy atom. The van der Waals surface area contributed by atoms with Crippen LogP contribution in [-0.2, 0) is 14.8 Å². The number of nitrogens with zero attached hydrogens (tertiary/aromatic N) is 2. The van der Waals surface area contributed by atoms with E-state index in [1.165, 1.54) is 4.31 Å².